The number of carbonyl (C=O) groups is 2. The van der Waals surface area contributed by atoms with E-state index in [-0.39, 0.29) is 36.6 Å². The predicted molar refractivity (Wildman–Crippen MR) is 88.5 cm³/mol. The summed E-state index contributed by atoms with van der Waals surface area (Å²) in [6.07, 6.45) is 0. The Labute approximate surface area is 140 Å². The number of ketones is 1. The molecular formula is C17H21N3O4. The molecule has 0 aliphatic heterocycles. The molecular weight excluding hydrogens is 310 g/mol. The van der Waals surface area contributed by atoms with E-state index in [0.717, 1.165) is 5.56 Å². The highest BCUT2D eigenvalue weighted by atomic mass is 16.5. The van der Waals surface area contributed by atoms with Gasteiger partial charge in [-0.15, -0.1) is 0 Å². The van der Waals surface area contributed by atoms with Gasteiger partial charge in [0, 0.05) is 20.0 Å². The molecule has 0 bridgehead atoms. The summed E-state index contributed by atoms with van der Waals surface area (Å²) < 4.78 is 6.95. The van der Waals surface area contributed by atoms with Gasteiger partial charge < -0.3 is 15.2 Å². The summed E-state index contributed by atoms with van der Waals surface area (Å²) in [5.41, 5.74) is 1.43. The second-order valence-corrected chi connectivity index (χ2v) is 5.32. The fourth-order valence-electron chi connectivity index (χ4n) is 2.36. The number of aromatic nitrogens is 2. The highest BCUT2D eigenvalue weighted by Gasteiger charge is 2.20. The van der Waals surface area contributed by atoms with Gasteiger partial charge in [-0.3, -0.25) is 14.3 Å². The molecule has 0 radical (unpaired) electrons. The molecule has 2 aromatic rings. The lowest BCUT2D eigenvalue weighted by Crippen LogP contribution is -2.19. The molecule has 0 saturated carbocycles. The summed E-state index contributed by atoms with van der Waals surface area (Å²) in [6.45, 7) is 3.47. The van der Waals surface area contributed by atoms with Crippen molar-refractivity contribution in [3.8, 4) is 5.75 Å². The number of Topliss-reactive ketones (excluding diaryl/α,β-unsaturated/α-hetero) is 1. The number of aliphatic hydroxyl groups is 1. The number of ether oxygens (including phenoxy) is 1. The highest BCUT2D eigenvalue weighted by Crippen LogP contribution is 2.24. The maximum Gasteiger partial charge on any atom is 0.271 e. The van der Waals surface area contributed by atoms with Crippen molar-refractivity contribution < 1.29 is 19.4 Å². The molecule has 7 nitrogen and oxygen atoms in total. The molecule has 1 heterocycles. The Morgan fingerprint density at radius 2 is 2.12 bits per heavy atom. The van der Waals surface area contributed by atoms with Crippen LogP contribution in [0.1, 0.15) is 46.4 Å². The molecule has 0 fully saturated rings. The third-order valence-corrected chi connectivity index (χ3v) is 3.62. The van der Waals surface area contributed by atoms with Crippen LogP contribution < -0.4 is 10.1 Å². The normalized spacial score (nSPS) is 11.8. The van der Waals surface area contributed by atoms with E-state index in [4.69, 9.17) is 9.84 Å². The van der Waals surface area contributed by atoms with Gasteiger partial charge in [-0.05, 0) is 24.6 Å². The number of hydrogen-bond donors (Lipinski definition) is 2. The van der Waals surface area contributed by atoms with E-state index in [1.54, 1.807) is 6.07 Å². The molecule has 1 amide bonds. The van der Waals surface area contributed by atoms with Crippen molar-refractivity contribution in [1.29, 1.82) is 0 Å². The van der Waals surface area contributed by atoms with Crippen LogP contribution in [0.5, 0.6) is 5.75 Å². The number of nitrogens with one attached hydrogen (secondary N) is 1. The van der Waals surface area contributed by atoms with Gasteiger partial charge in [0.05, 0.1) is 12.6 Å². The first-order chi connectivity index (χ1) is 11.5. The van der Waals surface area contributed by atoms with Gasteiger partial charge in [-0.2, -0.15) is 5.10 Å². The average molecular weight is 331 g/mol. The maximum atomic E-state index is 11.9. The second kappa shape index (κ2) is 7.74. The SMILES string of the molecule is CNC(=O)c1cc(C(C)=O)n(C(C)c2cccc(OCCO)c2)n1. The van der Waals surface area contributed by atoms with Gasteiger partial charge in [-0.25, -0.2) is 0 Å². The van der Waals surface area contributed by atoms with Crippen LogP contribution in [-0.2, 0) is 0 Å². The number of carbonyl (C=O) groups excluding carboxylic acids is 2. The first kappa shape index (κ1) is 17.7. The predicted octanol–water partition coefficient (Wildman–Crippen LogP) is 1.43. The molecule has 7 heteroatoms. The van der Waals surface area contributed by atoms with E-state index >= 15 is 0 Å². The topological polar surface area (TPSA) is 93.5 Å². The van der Waals surface area contributed by atoms with E-state index in [1.165, 1.54) is 24.7 Å². The minimum Gasteiger partial charge on any atom is -0.491 e. The minimum atomic E-state index is -0.344. The number of hydrogen-bond acceptors (Lipinski definition) is 5. The lowest BCUT2D eigenvalue weighted by molar-refractivity contribution is 0.0955. The van der Waals surface area contributed by atoms with E-state index in [9.17, 15) is 9.59 Å². The monoisotopic (exact) mass is 331 g/mol. The van der Waals surface area contributed by atoms with Gasteiger partial charge in [0.1, 0.15) is 18.1 Å². The van der Waals surface area contributed by atoms with Crippen molar-refractivity contribution >= 4 is 11.7 Å². The van der Waals surface area contributed by atoms with E-state index in [2.05, 4.69) is 10.4 Å². The number of nitrogens with zero attached hydrogens (tertiary/aromatic N) is 2. The molecule has 1 aromatic heterocycles. The summed E-state index contributed by atoms with van der Waals surface area (Å²) in [5, 5.41) is 15.6. The zero-order valence-corrected chi connectivity index (χ0v) is 13.9. The lowest BCUT2D eigenvalue weighted by atomic mass is 10.1. The quantitative estimate of drug-likeness (QED) is 0.749. The maximum absolute atomic E-state index is 11.9. The van der Waals surface area contributed by atoms with Crippen LogP contribution in [0.15, 0.2) is 30.3 Å². The summed E-state index contributed by atoms with van der Waals surface area (Å²) in [5.74, 6) is 0.108. The smallest absolute Gasteiger partial charge is 0.271 e. The molecule has 128 valence electrons. The van der Waals surface area contributed by atoms with Gasteiger partial charge in [0.25, 0.3) is 5.91 Å². The van der Waals surface area contributed by atoms with Crippen LogP contribution in [0.25, 0.3) is 0 Å². The fraction of sp³-hybridized carbons (Fsp3) is 0.353. The molecule has 0 spiro atoms. The van der Waals surface area contributed by atoms with Gasteiger partial charge >= 0.3 is 0 Å². The molecule has 0 aliphatic carbocycles. The Morgan fingerprint density at radius 3 is 2.75 bits per heavy atom. The lowest BCUT2D eigenvalue weighted by Gasteiger charge is -2.16. The largest absolute Gasteiger partial charge is 0.491 e. The average Bonchev–Trinajstić information content (AvgIpc) is 3.04. The van der Waals surface area contributed by atoms with Crippen molar-refractivity contribution in [2.45, 2.75) is 19.9 Å². The molecule has 1 aromatic carbocycles. The van der Waals surface area contributed by atoms with Crippen molar-refractivity contribution in [2.75, 3.05) is 20.3 Å². The summed E-state index contributed by atoms with van der Waals surface area (Å²) >= 11 is 0. The van der Waals surface area contributed by atoms with Crippen LogP contribution in [0.4, 0.5) is 0 Å². The minimum absolute atomic E-state index is 0.0666. The molecule has 0 aliphatic rings. The van der Waals surface area contributed by atoms with Crippen molar-refractivity contribution in [2.24, 2.45) is 0 Å². The van der Waals surface area contributed by atoms with Crippen LogP contribution in [0.3, 0.4) is 0 Å². The van der Waals surface area contributed by atoms with Gasteiger partial charge in [-0.1, -0.05) is 12.1 Å². The van der Waals surface area contributed by atoms with Crippen molar-refractivity contribution in [3.05, 3.63) is 47.3 Å². The number of amides is 1. The van der Waals surface area contributed by atoms with Crippen molar-refractivity contribution in [1.82, 2.24) is 15.1 Å². The molecule has 0 saturated heterocycles. The Morgan fingerprint density at radius 1 is 1.38 bits per heavy atom. The second-order valence-electron chi connectivity index (χ2n) is 5.32. The van der Waals surface area contributed by atoms with Crippen LogP contribution >= 0.6 is 0 Å². The highest BCUT2D eigenvalue weighted by molar-refractivity contribution is 5.97. The Bertz CT molecular complexity index is 739. The first-order valence-electron chi connectivity index (χ1n) is 7.64. The van der Waals surface area contributed by atoms with Crippen LogP contribution in [0.2, 0.25) is 0 Å². The van der Waals surface area contributed by atoms with Crippen LogP contribution in [0, 0.1) is 0 Å². The number of aliphatic hydroxyl groups excluding tert-OH is 1. The zero-order chi connectivity index (χ0) is 17.7. The third kappa shape index (κ3) is 3.80. The third-order valence-electron chi connectivity index (χ3n) is 3.62. The molecule has 1 atom stereocenters. The number of benzene rings is 1. The molecule has 2 rings (SSSR count). The molecule has 2 N–H and O–H groups in total. The number of rotatable bonds is 7. The Kier molecular flexibility index (Phi) is 5.70. The van der Waals surface area contributed by atoms with E-state index < -0.39 is 0 Å². The molecule has 24 heavy (non-hydrogen) atoms. The first-order valence-corrected chi connectivity index (χ1v) is 7.64. The Balaban J connectivity index is 2.38. The van der Waals surface area contributed by atoms with Crippen molar-refractivity contribution in [3.63, 3.8) is 0 Å². The Hall–Kier alpha value is -2.67. The standard InChI is InChI=1S/C17H21N3O4/c1-11(13-5-4-6-14(9-13)24-8-7-21)20-16(12(2)22)10-15(19-20)17(23)18-3/h4-6,9-11,21H,7-8H2,1-3H3,(H,18,23). The summed E-state index contributed by atoms with van der Waals surface area (Å²) in [7, 11) is 1.51. The zero-order valence-electron chi connectivity index (χ0n) is 13.9. The van der Waals surface area contributed by atoms with E-state index in [1.807, 2.05) is 25.1 Å². The van der Waals surface area contributed by atoms with Gasteiger partial charge in [0.15, 0.2) is 11.5 Å². The summed E-state index contributed by atoms with van der Waals surface area (Å²) in [4.78, 5) is 23.7. The van der Waals surface area contributed by atoms with Gasteiger partial charge in [0.2, 0.25) is 0 Å². The fourth-order valence-corrected chi connectivity index (χ4v) is 2.36. The van der Waals surface area contributed by atoms with Crippen LogP contribution in [-0.4, -0.2) is 46.8 Å². The summed E-state index contributed by atoms with van der Waals surface area (Å²) in [6, 6.07) is 8.56. The van der Waals surface area contributed by atoms with E-state index in [0.29, 0.717) is 11.4 Å². The molecule has 1 unspecified atom stereocenters.